The first-order chi connectivity index (χ1) is 8.97. The SMILES string of the molecule is Nc1c(F)cc(NC(=O)CN2CCCC2=O)cc1Cl. The zero-order valence-electron chi connectivity index (χ0n) is 10.1. The van der Waals surface area contributed by atoms with E-state index >= 15 is 0 Å². The Morgan fingerprint density at radius 2 is 2.26 bits per heavy atom. The number of benzene rings is 1. The number of hydrogen-bond acceptors (Lipinski definition) is 3. The van der Waals surface area contributed by atoms with Gasteiger partial charge >= 0.3 is 0 Å². The summed E-state index contributed by atoms with van der Waals surface area (Å²) in [6, 6.07) is 2.45. The van der Waals surface area contributed by atoms with Gasteiger partial charge in [-0.25, -0.2) is 4.39 Å². The maximum Gasteiger partial charge on any atom is 0.243 e. The van der Waals surface area contributed by atoms with E-state index in [2.05, 4.69) is 5.32 Å². The molecule has 102 valence electrons. The minimum atomic E-state index is -0.694. The van der Waals surface area contributed by atoms with Crippen LogP contribution in [0.1, 0.15) is 12.8 Å². The van der Waals surface area contributed by atoms with Gasteiger partial charge in [0, 0.05) is 18.7 Å². The van der Waals surface area contributed by atoms with Crippen LogP contribution >= 0.6 is 11.6 Å². The van der Waals surface area contributed by atoms with Crippen LogP contribution in [0.5, 0.6) is 0 Å². The van der Waals surface area contributed by atoms with E-state index in [4.69, 9.17) is 17.3 Å². The van der Waals surface area contributed by atoms with Crippen LogP contribution in [0.2, 0.25) is 5.02 Å². The van der Waals surface area contributed by atoms with Crippen molar-refractivity contribution in [1.29, 1.82) is 0 Å². The molecule has 0 atom stereocenters. The van der Waals surface area contributed by atoms with Crippen LogP contribution in [0.3, 0.4) is 0 Å². The number of hydrogen-bond donors (Lipinski definition) is 2. The van der Waals surface area contributed by atoms with Crippen LogP contribution in [-0.4, -0.2) is 29.8 Å². The van der Waals surface area contributed by atoms with Gasteiger partial charge in [-0.1, -0.05) is 11.6 Å². The molecule has 0 bridgehead atoms. The van der Waals surface area contributed by atoms with Gasteiger partial charge in [0.05, 0.1) is 17.3 Å². The first-order valence-corrected chi connectivity index (χ1v) is 6.17. The second-order valence-corrected chi connectivity index (χ2v) is 4.73. The summed E-state index contributed by atoms with van der Waals surface area (Å²) in [5, 5.41) is 2.52. The predicted molar refractivity (Wildman–Crippen MR) is 70.3 cm³/mol. The van der Waals surface area contributed by atoms with E-state index in [-0.39, 0.29) is 28.8 Å². The van der Waals surface area contributed by atoms with Crippen molar-refractivity contribution in [3.8, 4) is 0 Å². The Morgan fingerprint density at radius 1 is 1.53 bits per heavy atom. The molecule has 3 N–H and O–H groups in total. The largest absolute Gasteiger partial charge is 0.395 e. The van der Waals surface area contributed by atoms with Crippen molar-refractivity contribution >= 4 is 34.8 Å². The molecule has 0 aromatic heterocycles. The summed E-state index contributed by atoms with van der Waals surface area (Å²) in [5.41, 5.74) is 5.42. The summed E-state index contributed by atoms with van der Waals surface area (Å²) < 4.78 is 13.3. The summed E-state index contributed by atoms with van der Waals surface area (Å²) in [6.07, 6.45) is 1.23. The van der Waals surface area contributed by atoms with Crippen LogP contribution < -0.4 is 11.1 Å². The zero-order valence-corrected chi connectivity index (χ0v) is 10.8. The number of rotatable bonds is 3. The van der Waals surface area contributed by atoms with E-state index < -0.39 is 11.7 Å². The lowest BCUT2D eigenvalue weighted by molar-refractivity contribution is -0.131. The smallest absolute Gasteiger partial charge is 0.243 e. The Labute approximate surface area is 114 Å². The topological polar surface area (TPSA) is 75.4 Å². The van der Waals surface area contributed by atoms with Crippen LogP contribution in [0.25, 0.3) is 0 Å². The van der Waals surface area contributed by atoms with Crippen molar-refractivity contribution in [2.75, 3.05) is 24.1 Å². The van der Waals surface area contributed by atoms with Crippen molar-refractivity contribution in [3.05, 3.63) is 23.0 Å². The summed E-state index contributed by atoms with van der Waals surface area (Å²) >= 11 is 5.72. The molecule has 0 radical (unpaired) electrons. The molecule has 5 nitrogen and oxygen atoms in total. The molecule has 1 aromatic rings. The second-order valence-electron chi connectivity index (χ2n) is 4.32. The third-order valence-electron chi connectivity index (χ3n) is 2.87. The Hall–Kier alpha value is -1.82. The molecule has 0 spiro atoms. The average molecular weight is 286 g/mol. The number of halogens is 2. The van der Waals surface area contributed by atoms with Gasteiger partial charge in [0.1, 0.15) is 5.82 Å². The molecule has 1 heterocycles. The monoisotopic (exact) mass is 285 g/mol. The lowest BCUT2D eigenvalue weighted by atomic mass is 10.2. The van der Waals surface area contributed by atoms with Crippen LogP contribution in [0.4, 0.5) is 15.8 Å². The molecule has 7 heteroatoms. The number of nitrogen functional groups attached to an aromatic ring is 1. The lowest BCUT2D eigenvalue weighted by Gasteiger charge is -2.15. The molecule has 1 aromatic carbocycles. The molecule has 2 rings (SSSR count). The molecule has 2 amide bonds. The summed E-state index contributed by atoms with van der Waals surface area (Å²) in [7, 11) is 0. The van der Waals surface area contributed by atoms with E-state index in [1.54, 1.807) is 0 Å². The maximum atomic E-state index is 13.3. The number of carbonyl (C=O) groups is 2. The van der Waals surface area contributed by atoms with Gasteiger partial charge in [-0.05, 0) is 18.6 Å². The highest BCUT2D eigenvalue weighted by Crippen LogP contribution is 2.26. The van der Waals surface area contributed by atoms with Gasteiger partial charge in [0.25, 0.3) is 0 Å². The molecular weight excluding hydrogens is 273 g/mol. The Balaban J connectivity index is 2.01. The van der Waals surface area contributed by atoms with E-state index in [9.17, 15) is 14.0 Å². The highest BCUT2D eigenvalue weighted by atomic mass is 35.5. The predicted octanol–water partition coefficient (Wildman–Crippen LogP) is 1.62. The van der Waals surface area contributed by atoms with Gasteiger partial charge in [0.15, 0.2) is 0 Å². The molecule has 1 fully saturated rings. The number of anilines is 2. The Kier molecular flexibility index (Phi) is 3.90. The highest BCUT2D eigenvalue weighted by molar-refractivity contribution is 6.33. The van der Waals surface area contributed by atoms with E-state index in [0.29, 0.717) is 13.0 Å². The molecule has 1 aliphatic rings. The van der Waals surface area contributed by atoms with E-state index in [1.807, 2.05) is 0 Å². The maximum absolute atomic E-state index is 13.3. The first-order valence-electron chi connectivity index (χ1n) is 5.79. The van der Waals surface area contributed by atoms with Crippen LogP contribution in [0, 0.1) is 5.82 Å². The van der Waals surface area contributed by atoms with Gasteiger partial charge in [-0.2, -0.15) is 0 Å². The minimum absolute atomic E-state index is 0.0348. The van der Waals surface area contributed by atoms with Gasteiger partial charge in [0.2, 0.25) is 11.8 Å². The number of nitrogens with zero attached hydrogens (tertiary/aromatic N) is 1. The summed E-state index contributed by atoms with van der Waals surface area (Å²) in [4.78, 5) is 24.5. The first kappa shape index (κ1) is 13.6. The number of amides is 2. The van der Waals surface area contributed by atoms with Gasteiger partial charge in [-0.3, -0.25) is 9.59 Å². The standard InChI is InChI=1S/C12H13ClFN3O2/c13-8-4-7(5-9(14)12(8)15)16-10(18)6-17-3-1-2-11(17)19/h4-5H,1-3,6,15H2,(H,16,18). The molecular formula is C12H13ClFN3O2. The van der Waals surface area contributed by atoms with Crippen LogP contribution in [0.15, 0.2) is 12.1 Å². The number of carbonyl (C=O) groups excluding carboxylic acids is 2. The number of nitrogens with two attached hydrogens (primary N) is 1. The van der Waals surface area contributed by atoms with Crippen LogP contribution in [-0.2, 0) is 9.59 Å². The third-order valence-corrected chi connectivity index (χ3v) is 3.18. The number of nitrogens with one attached hydrogen (secondary N) is 1. The molecule has 0 saturated carbocycles. The van der Waals surface area contributed by atoms with Gasteiger partial charge in [-0.15, -0.1) is 0 Å². The summed E-state index contributed by atoms with van der Waals surface area (Å²) in [6.45, 7) is 0.533. The van der Waals surface area contributed by atoms with Crippen molar-refractivity contribution in [2.45, 2.75) is 12.8 Å². The molecule has 19 heavy (non-hydrogen) atoms. The molecule has 1 aliphatic heterocycles. The van der Waals surface area contributed by atoms with Crippen molar-refractivity contribution in [2.24, 2.45) is 0 Å². The normalized spacial score (nSPS) is 14.8. The third kappa shape index (κ3) is 3.14. The molecule has 0 aliphatic carbocycles. The lowest BCUT2D eigenvalue weighted by Crippen LogP contribution is -2.33. The van der Waals surface area contributed by atoms with Gasteiger partial charge < -0.3 is 16.0 Å². The van der Waals surface area contributed by atoms with Crippen molar-refractivity contribution < 1.29 is 14.0 Å². The molecule has 1 saturated heterocycles. The molecule has 0 unspecified atom stereocenters. The fraction of sp³-hybridized carbons (Fsp3) is 0.333. The fourth-order valence-corrected chi connectivity index (χ4v) is 2.11. The van der Waals surface area contributed by atoms with E-state index in [0.717, 1.165) is 12.5 Å². The fourth-order valence-electron chi connectivity index (χ4n) is 1.90. The Morgan fingerprint density at radius 3 is 2.84 bits per heavy atom. The zero-order chi connectivity index (χ0) is 14.0. The van der Waals surface area contributed by atoms with E-state index in [1.165, 1.54) is 11.0 Å². The van der Waals surface area contributed by atoms with Crippen molar-refractivity contribution in [3.63, 3.8) is 0 Å². The summed E-state index contributed by atoms with van der Waals surface area (Å²) in [5.74, 6) is -1.13. The average Bonchev–Trinajstić information content (AvgIpc) is 2.72. The second kappa shape index (κ2) is 5.44. The minimum Gasteiger partial charge on any atom is -0.395 e. The quantitative estimate of drug-likeness (QED) is 0.829. The highest BCUT2D eigenvalue weighted by Gasteiger charge is 2.22. The Bertz CT molecular complexity index is 513. The number of likely N-dealkylation sites (tertiary alicyclic amines) is 1. The van der Waals surface area contributed by atoms with Crippen molar-refractivity contribution in [1.82, 2.24) is 4.90 Å².